The lowest BCUT2D eigenvalue weighted by atomic mass is 10.1. The molecule has 0 unspecified atom stereocenters. The summed E-state index contributed by atoms with van der Waals surface area (Å²) in [6.45, 7) is 9.14. The topological polar surface area (TPSA) is 15.3 Å². The second kappa shape index (κ2) is 10.0. The summed E-state index contributed by atoms with van der Waals surface area (Å²) in [6, 6.07) is 0. The van der Waals surface area contributed by atoms with E-state index in [0.717, 1.165) is 0 Å². The second-order valence-electron chi connectivity index (χ2n) is 3.47. The monoisotopic (exact) mass is 186 g/mol. The smallest absolute Gasteiger partial charge is 0.00218 e. The van der Waals surface area contributed by atoms with Gasteiger partial charge in [0, 0.05) is 0 Å². The highest BCUT2D eigenvalue weighted by Crippen LogP contribution is 2.04. The normalized spacial score (nSPS) is 21.5. The molecule has 0 aromatic rings. The first kappa shape index (κ1) is 12.9. The maximum atomic E-state index is 3.11. The zero-order chi connectivity index (χ0) is 9.94. The molecule has 2 heterocycles. The zero-order valence-corrected chi connectivity index (χ0v) is 9.60. The van der Waals surface area contributed by atoms with Crippen LogP contribution in [-0.4, -0.2) is 38.1 Å². The fourth-order valence-electron chi connectivity index (χ4n) is 1.23. The molecule has 13 heavy (non-hydrogen) atoms. The van der Waals surface area contributed by atoms with Gasteiger partial charge in [0.2, 0.25) is 0 Å². The van der Waals surface area contributed by atoms with Gasteiger partial charge in [-0.25, -0.2) is 0 Å². The summed E-state index contributed by atoms with van der Waals surface area (Å²) in [4.78, 5) is 2.39. The molecule has 2 aliphatic heterocycles. The van der Waals surface area contributed by atoms with Gasteiger partial charge < -0.3 is 10.2 Å². The predicted molar refractivity (Wildman–Crippen MR) is 60.2 cm³/mol. The number of nitrogens with one attached hydrogen (secondary N) is 1. The van der Waals surface area contributed by atoms with E-state index in [-0.39, 0.29) is 0 Å². The molecule has 0 spiro atoms. The van der Waals surface area contributed by atoms with Gasteiger partial charge in [-0.05, 0) is 52.5 Å². The van der Waals surface area contributed by atoms with E-state index in [1.54, 1.807) is 0 Å². The zero-order valence-electron chi connectivity index (χ0n) is 9.60. The lowest BCUT2D eigenvalue weighted by Gasteiger charge is -2.20. The highest BCUT2D eigenvalue weighted by atomic mass is 15.1. The van der Waals surface area contributed by atoms with E-state index < -0.39 is 0 Å². The molecule has 0 radical (unpaired) electrons. The summed E-state index contributed by atoms with van der Waals surface area (Å²) < 4.78 is 0. The molecule has 2 aliphatic rings. The molecule has 0 amide bonds. The molecule has 2 rings (SSSR count). The third-order valence-corrected chi connectivity index (χ3v) is 2.29. The Balaban J connectivity index is 0.000000204. The summed E-state index contributed by atoms with van der Waals surface area (Å²) >= 11 is 0. The van der Waals surface area contributed by atoms with E-state index in [2.05, 4.69) is 17.3 Å². The quantitative estimate of drug-likeness (QED) is 0.623. The van der Waals surface area contributed by atoms with Crippen LogP contribution in [0.15, 0.2) is 0 Å². The molecule has 0 bridgehead atoms. The van der Waals surface area contributed by atoms with Gasteiger partial charge >= 0.3 is 0 Å². The number of likely N-dealkylation sites (tertiary alicyclic amines) is 1. The van der Waals surface area contributed by atoms with Gasteiger partial charge in [0.25, 0.3) is 0 Å². The van der Waals surface area contributed by atoms with Crippen LogP contribution < -0.4 is 5.32 Å². The van der Waals surface area contributed by atoms with Crippen LogP contribution in [0.4, 0.5) is 0 Å². The van der Waals surface area contributed by atoms with E-state index in [0.29, 0.717) is 0 Å². The van der Waals surface area contributed by atoms with Gasteiger partial charge in [-0.1, -0.05) is 20.3 Å². The third kappa shape index (κ3) is 8.26. The molecule has 80 valence electrons. The summed E-state index contributed by atoms with van der Waals surface area (Å²) in [5.41, 5.74) is 0. The van der Waals surface area contributed by atoms with Crippen LogP contribution >= 0.6 is 0 Å². The largest absolute Gasteiger partial charge is 0.317 e. The molecular weight excluding hydrogens is 160 g/mol. The molecule has 1 N–H and O–H groups in total. The van der Waals surface area contributed by atoms with E-state index >= 15 is 0 Å². The van der Waals surface area contributed by atoms with Crippen molar-refractivity contribution < 1.29 is 0 Å². The summed E-state index contributed by atoms with van der Waals surface area (Å²) in [5, 5.41) is 3.11. The maximum Gasteiger partial charge on any atom is -0.00218 e. The minimum Gasteiger partial charge on any atom is -0.317 e. The number of hydrogen-bond donors (Lipinski definition) is 1. The number of hydrogen-bond acceptors (Lipinski definition) is 2. The van der Waals surface area contributed by atoms with Crippen molar-refractivity contribution >= 4 is 0 Å². The Morgan fingerprint density at radius 1 is 0.846 bits per heavy atom. The minimum absolute atomic E-state index is 1.25. The van der Waals surface area contributed by atoms with Gasteiger partial charge in [0.1, 0.15) is 0 Å². The lowest BCUT2D eigenvalue weighted by Crippen LogP contribution is -2.29. The Hall–Kier alpha value is -0.0800. The fourth-order valence-corrected chi connectivity index (χ4v) is 1.23. The standard InChI is InChI=1S/C6H13N.C3H7N.C2H6/c1-7-5-3-2-4-6-7;1-2-4-3-1;1-2/h2-6H2,1H3;4H,1-3H2;1-2H3. The molecule has 0 aliphatic carbocycles. The lowest BCUT2D eigenvalue weighted by molar-refractivity contribution is 0.277. The van der Waals surface area contributed by atoms with Crippen LogP contribution in [0.3, 0.4) is 0 Å². The average molecular weight is 186 g/mol. The van der Waals surface area contributed by atoms with Crippen LogP contribution in [-0.2, 0) is 0 Å². The molecule has 0 aromatic heterocycles. The van der Waals surface area contributed by atoms with Crippen LogP contribution in [0.2, 0.25) is 0 Å². The van der Waals surface area contributed by atoms with E-state index in [1.165, 1.54) is 51.9 Å². The molecule has 0 saturated carbocycles. The van der Waals surface area contributed by atoms with Gasteiger partial charge in [-0.15, -0.1) is 0 Å². The Morgan fingerprint density at radius 3 is 1.38 bits per heavy atom. The number of nitrogens with zero attached hydrogens (tertiary/aromatic N) is 1. The predicted octanol–water partition coefficient (Wildman–Crippen LogP) is 2.11. The van der Waals surface area contributed by atoms with Crippen LogP contribution in [0.25, 0.3) is 0 Å². The molecule has 2 fully saturated rings. The van der Waals surface area contributed by atoms with Crippen molar-refractivity contribution in [2.45, 2.75) is 39.5 Å². The molecule has 2 saturated heterocycles. The summed E-state index contributed by atoms with van der Waals surface area (Å²) in [7, 11) is 2.19. The van der Waals surface area contributed by atoms with E-state index in [1.807, 2.05) is 13.8 Å². The second-order valence-corrected chi connectivity index (χ2v) is 3.47. The molecular formula is C11H26N2. The van der Waals surface area contributed by atoms with Gasteiger partial charge in [0.05, 0.1) is 0 Å². The van der Waals surface area contributed by atoms with Crippen molar-refractivity contribution in [1.82, 2.24) is 10.2 Å². The Labute approximate surface area is 83.7 Å². The maximum absolute atomic E-state index is 3.11. The van der Waals surface area contributed by atoms with Gasteiger partial charge in [0.15, 0.2) is 0 Å². The average Bonchev–Trinajstić information content (AvgIpc) is 2.06. The summed E-state index contributed by atoms with van der Waals surface area (Å²) in [6.07, 6.45) is 5.66. The first-order valence-corrected chi connectivity index (χ1v) is 5.79. The van der Waals surface area contributed by atoms with Gasteiger partial charge in [-0.2, -0.15) is 0 Å². The van der Waals surface area contributed by atoms with Crippen LogP contribution in [0.5, 0.6) is 0 Å². The highest BCUT2D eigenvalue weighted by Gasteiger charge is 2.02. The molecule has 0 aromatic carbocycles. The number of rotatable bonds is 0. The Bertz CT molecular complexity index is 80.1. The van der Waals surface area contributed by atoms with Crippen molar-refractivity contribution in [2.24, 2.45) is 0 Å². The fraction of sp³-hybridized carbons (Fsp3) is 1.00. The highest BCUT2D eigenvalue weighted by molar-refractivity contribution is 4.58. The molecule has 0 atom stereocenters. The molecule has 2 heteroatoms. The van der Waals surface area contributed by atoms with E-state index in [9.17, 15) is 0 Å². The first-order chi connectivity index (χ1) is 6.39. The number of piperidine rings is 1. The van der Waals surface area contributed by atoms with Crippen molar-refractivity contribution in [1.29, 1.82) is 0 Å². The third-order valence-electron chi connectivity index (χ3n) is 2.29. The molecule has 2 nitrogen and oxygen atoms in total. The Kier molecular flexibility index (Phi) is 9.94. The minimum atomic E-state index is 1.25. The van der Waals surface area contributed by atoms with Crippen LogP contribution in [0.1, 0.15) is 39.5 Å². The van der Waals surface area contributed by atoms with Crippen molar-refractivity contribution in [2.75, 3.05) is 33.2 Å². The van der Waals surface area contributed by atoms with Crippen LogP contribution in [0, 0.1) is 0 Å². The van der Waals surface area contributed by atoms with Gasteiger partial charge in [-0.3, -0.25) is 0 Å². The SMILES string of the molecule is C1CNC1.CC.CN1CCCCC1. The summed E-state index contributed by atoms with van der Waals surface area (Å²) in [5.74, 6) is 0. The van der Waals surface area contributed by atoms with E-state index in [4.69, 9.17) is 0 Å². The Morgan fingerprint density at radius 2 is 1.23 bits per heavy atom. The first-order valence-electron chi connectivity index (χ1n) is 5.79. The van der Waals surface area contributed by atoms with Crippen molar-refractivity contribution in [3.05, 3.63) is 0 Å². The van der Waals surface area contributed by atoms with Crippen molar-refractivity contribution in [3.63, 3.8) is 0 Å². The van der Waals surface area contributed by atoms with Crippen molar-refractivity contribution in [3.8, 4) is 0 Å².